The normalized spacial score (nSPS) is 10.2. The molecule has 5 heteroatoms. The molecule has 1 N–H and O–H groups in total. The fourth-order valence-corrected chi connectivity index (χ4v) is 2.20. The van der Waals surface area contributed by atoms with Crippen LogP contribution in [0.3, 0.4) is 0 Å². The van der Waals surface area contributed by atoms with E-state index in [1.807, 2.05) is 39.1 Å². The fraction of sp³-hybridized carbons (Fsp3) is 0.333. The molecule has 0 aliphatic rings. The van der Waals surface area contributed by atoms with Gasteiger partial charge < -0.3 is 14.8 Å². The van der Waals surface area contributed by atoms with Gasteiger partial charge in [-0.05, 0) is 26.0 Å². The topological polar surface area (TPSA) is 56.3 Å². The highest BCUT2D eigenvalue weighted by Gasteiger charge is 2.18. The zero-order valence-corrected chi connectivity index (χ0v) is 12.4. The SMILES string of the molecule is CNc1nc(C)nc(-c2c(OC)cccc2OC)c1C. The summed E-state index contributed by atoms with van der Waals surface area (Å²) < 4.78 is 10.9. The van der Waals surface area contributed by atoms with Crippen molar-refractivity contribution < 1.29 is 9.47 Å². The van der Waals surface area contributed by atoms with Crippen molar-refractivity contribution >= 4 is 5.82 Å². The zero-order chi connectivity index (χ0) is 14.7. The Morgan fingerprint density at radius 2 is 1.60 bits per heavy atom. The van der Waals surface area contributed by atoms with Gasteiger partial charge in [-0.1, -0.05) is 6.07 Å². The Morgan fingerprint density at radius 3 is 2.10 bits per heavy atom. The predicted molar refractivity (Wildman–Crippen MR) is 79.6 cm³/mol. The Balaban J connectivity index is 2.77. The summed E-state index contributed by atoms with van der Waals surface area (Å²) in [6.07, 6.45) is 0. The lowest BCUT2D eigenvalue weighted by atomic mass is 10.0. The van der Waals surface area contributed by atoms with E-state index in [0.717, 1.165) is 34.1 Å². The minimum atomic E-state index is 0.697. The van der Waals surface area contributed by atoms with Crippen molar-refractivity contribution in [2.45, 2.75) is 13.8 Å². The second-order valence-corrected chi connectivity index (χ2v) is 4.38. The molecule has 0 radical (unpaired) electrons. The summed E-state index contributed by atoms with van der Waals surface area (Å²) in [5, 5.41) is 3.09. The second-order valence-electron chi connectivity index (χ2n) is 4.38. The van der Waals surface area contributed by atoms with Gasteiger partial charge in [-0.2, -0.15) is 0 Å². The van der Waals surface area contributed by atoms with Crippen LogP contribution < -0.4 is 14.8 Å². The van der Waals surface area contributed by atoms with Gasteiger partial charge in [0.25, 0.3) is 0 Å². The van der Waals surface area contributed by atoms with Crippen molar-refractivity contribution in [3.63, 3.8) is 0 Å². The molecule has 5 nitrogen and oxygen atoms in total. The minimum absolute atomic E-state index is 0.697. The number of anilines is 1. The van der Waals surface area contributed by atoms with Crippen LogP contribution in [0.25, 0.3) is 11.3 Å². The molecule has 0 aliphatic carbocycles. The first kappa shape index (κ1) is 14.1. The van der Waals surface area contributed by atoms with Gasteiger partial charge in [-0.3, -0.25) is 0 Å². The molecular formula is C15H19N3O2. The van der Waals surface area contributed by atoms with Crippen LogP contribution in [0, 0.1) is 13.8 Å². The highest BCUT2D eigenvalue weighted by molar-refractivity contribution is 5.78. The summed E-state index contributed by atoms with van der Waals surface area (Å²) in [6.45, 7) is 3.85. The van der Waals surface area contributed by atoms with Crippen molar-refractivity contribution in [1.29, 1.82) is 0 Å². The third kappa shape index (κ3) is 2.39. The van der Waals surface area contributed by atoms with Crippen molar-refractivity contribution in [1.82, 2.24) is 9.97 Å². The van der Waals surface area contributed by atoms with Crippen molar-refractivity contribution in [3.8, 4) is 22.8 Å². The molecule has 0 aliphatic heterocycles. The highest BCUT2D eigenvalue weighted by Crippen LogP contribution is 2.39. The van der Waals surface area contributed by atoms with Crippen LogP contribution in [0.2, 0.25) is 0 Å². The molecule has 1 aromatic carbocycles. The molecule has 0 unspecified atom stereocenters. The molecule has 0 bridgehead atoms. The molecule has 0 saturated heterocycles. The van der Waals surface area contributed by atoms with Crippen LogP contribution >= 0.6 is 0 Å². The molecule has 0 spiro atoms. The van der Waals surface area contributed by atoms with Gasteiger partial charge in [-0.25, -0.2) is 9.97 Å². The van der Waals surface area contributed by atoms with Gasteiger partial charge in [0, 0.05) is 12.6 Å². The molecule has 0 fully saturated rings. The average Bonchev–Trinajstić information content (AvgIpc) is 2.48. The lowest BCUT2D eigenvalue weighted by molar-refractivity contribution is 0.397. The number of aryl methyl sites for hydroxylation is 1. The third-order valence-corrected chi connectivity index (χ3v) is 3.16. The highest BCUT2D eigenvalue weighted by atomic mass is 16.5. The monoisotopic (exact) mass is 273 g/mol. The Kier molecular flexibility index (Phi) is 4.08. The van der Waals surface area contributed by atoms with Gasteiger partial charge in [0.1, 0.15) is 23.1 Å². The molecule has 106 valence electrons. The van der Waals surface area contributed by atoms with E-state index in [0.29, 0.717) is 5.82 Å². The number of benzene rings is 1. The minimum Gasteiger partial charge on any atom is -0.496 e. The second kappa shape index (κ2) is 5.77. The van der Waals surface area contributed by atoms with Gasteiger partial charge in [0.05, 0.1) is 25.5 Å². The number of nitrogens with one attached hydrogen (secondary N) is 1. The standard InChI is InChI=1S/C15H19N3O2/c1-9-14(17-10(2)18-15(9)16-3)13-11(19-4)7-6-8-12(13)20-5/h6-8H,1-5H3,(H,16,17,18). The van der Waals surface area contributed by atoms with Crippen LogP contribution in [0.4, 0.5) is 5.82 Å². The predicted octanol–water partition coefficient (Wildman–Crippen LogP) is 2.82. The number of ether oxygens (including phenoxy) is 2. The number of nitrogens with zero attached hydrogens (tertiary/aromatic N) is 2. The van der Waals surface area contributed by atoms with Gasteiger partial charge >= 0.3 is 0 Å². The molecule has 1 heterocycles. The first-order chi connectivity index (χ1) is 9.62. The summed E-state index contributed by atoms with van der Waals surface area (Å²) >= 11 is 0. The Labute approximate surface area is 119 Å². The summed E-state index contributed by atoms with van der Waals surface area (Å²) in [7, 11) is 5.12. The van der Waals surface area contributed by atoms with E-state index in [9.17, 15) is 0 Å². The maximum absolute atomic E-state index is 5.45. The van der Waals surface area contributed by atoms with Crippen LogP contribution in [-0.4, -0.2) is 31.2 Å². The lowest BCUT2D eigenvalue weighted by Gasteiger charge is -2.16. The number of rotatable bonds is 4. The van der Waals surface area contributed by atoms with E-state index in [1.54, 1.807) is 14.2 Å². The van der Waals surface area contributed by atoms with E-state index < -0.39 is 0 Å². The average molecular weight is 273 g/mol. The van der Waals surface area contributed by atoms with E-state index in [4.69, 9.17) is 9.47 Å². The number of methoxy groups -OCH3 is 2. The van der Waals surface area contributed by atoms with Gasteiger partial charge in [0.2, 0.25) is 0 Å². The molecule has 20 heavy (non-hydrogen) atoms. The summed E-state index contributed by atoms with van der Waals surface area (Å²) in [5.41, 5.74) is 2.62. The summed E-state index contributed by atoms with van der Waals surface area (Å²) in [5.74, 6) is 2.96. The molecular weight excluding hydrogens is 254 g/mol. The van der Waals surface area contributed by atoms with E-state index in [-0.39, 0.29) is 0 Å². The Morgan fingerprint density at radius 1 is 1.00 bits per heavy atom. The maximum atomic E-state index is 5.45. The maximum Gasteiger partial charge on any atom is 0.132 e. The summed E-state index contributed by atoms with van der Waals surface area (Å²) in [4.78, 5) is 8.94. The molecule has 0 saturated carbocycles. The largest absolute Gasteiger partial charge is 0.496 e. The van der Waals surface area contributed by atoms with Crippen LogP contribution in [0.5, 0.6) is 11.5 Å². The molecule has 2 aromatic rings. The van der Waals surface area contributed by atoms with Gasteiger partial charge in [-0.15, -0.1) is 0 Å². The van der Waals surface area contributed by atoms with E-state index in [2.05, 4.69) is 15.3 Å². The zero-order valence-electron chi connectivity index (χ0n) is 12.4. The molecule has 2 rings (SSSR count). The first-order valence-electron chi connectivity index (χ1n) is 6.36. The van der Waals surface area contributed by atoms with E-state index in [1.165, 1.54) is 0 Å². The Bertz CT molecular complexity index is 605. The summed E-state index contributed by atoms with van der Waals surface area (Å²) in [6, 6.07) is 5.69. The lowest BCUT2D eigenvalue weighted by Crippen LogP contribution is -2.04. The van der Waals surface area contributed by atoms with Crippen molar-refractivity contribution in [3.05, 3.63) is 29.6 Å². The van der Waals surface area contributed by atoms with Crippen LogP contribution in [-0.2, 0) is 0 Å². The van der Waals surface area contributed by atoms with E-state index >= 15 is 0 Å². The number of hydrogen-bond donors (Lipinski definition) is 1. The third-order valence-electron chi connectivity index (χ3n) is 3.16. The van der Waals surface area contributed by atoms with Crippen LogP contribution in [0.15, 0.2) is 18.2 Å². The number of aromatic nitrogens is 2. The quantitative estimate of drug-likeness (QED) is 0.928. The van der Waals surface area contributed by atoms with Gasteiger partial charge in [0.15, 0.2) is 0 Å². The van der Waals surface area contributed by atoms with Crippen LogP contribution in [0.1, 0.15) is 11.4 Å². The smallest absolute Gasteiger partial charge is 0.132 e. The fourth-order valence-electron chi connectivity index (χ4n) is 2.20. The molecule has 0 atom stereocenters. The van der Waals surface area contributed by atoms with Crippen molar-refractivity contribution in [2.75, 3.05) is 26.6 Å². The Hall–Kier alpha value is -2.30. The number of hydrogen-bond acceptors (Lipinski definition) is 5. The van der Waals surface area contributed by atoms with Crippen molar-refractivity contribution in [2.24, 2.45) is 0 Å². The molecule has 1 aromatic heterocycles. The first-order valence-corrected chi connectivity index (χ1v) is 6.36. The molecule has 0 amide bonds.